The molecule has 0 amide bonds. The van der Waals surface area contributed by atoms with Crippen LogP contribution in [0.3, 0.4) is 0 Å². The molecule has 0 aliphatic heterocycles. The van der Waals surface area contributed by atoms with Crippen LogP contribution in [0.1, 0.15) is 16.1 Å². The lowest BCUT2D eigenvalue weighted by molar-refractivity contribution is 0.103. The van der Waals surface area contributed by atoms with E-state index in [0.29, 0.717) is 27.6 Å². The fraction of sp³-hybridized carbons (Fsp3) is 0. The Morgan fingerprint density at radius 2 is 1.54 bits per heavy atom. The van der Waals surface area contributed by atoms with Crippen LogP contribution in [0, 0.1) is 0 Å². The number of hydrogen-bond donors (Lipinski definition) is 0. The minimum Gasteiger partial charge on any atom is -0.287 e. The fourth-order valence-corrected chi connectivity index (χ4v) is 3.50. The van der Waals surface area contributed by atoms with Gasteiger partial charge in [0, 0.05) is 11.1 Å². The maximum absolute atomic E-state index is 13.1. The third kappa shape index (κ3) is 2.56. The molecule has 0 atom stereocenters. The summed E-state index contributed by atoms with van der Waals surface area (Å²) in [6.07, 6.45) is 0. The SMILES string of the molecule is O=C(c1ccccc1)c1nc2ccccc2n2c(-c3ccccc3Cl)nnc12. The molecule has 0 unspecified atom stereocenters. The molecule has 6 heteroatoms. The topological polar surface area (TPSA) is 60.2 Å². The number of nitrogens with zero attached hydrogens (tertiary/aromatic N) is 4. The van der Waals surface area contributed by atoms with Crippen molar-refractivity contribution in [3.63, 3.8) is 0 Å². The van der Waals surface area contributed by atoms with E-state index in [1.54, 1.807) is 18.2 Å². The zero-order valence-corrected chi connectivity index (χ0v) is 15.3. The van der Waals surface area contributed by atoms with Crippen molar-refractivity contribution in [3.05, 3.63) is 95.1 Å². The standard InChI is InChI=1S/C22H13ClN4O/c23-16-11-5-4-10-15(16)21-25-26-22-19(20(28)14-8-2-1-3-9-14)24-17-12-6-7-13-18(17)27(21)22/h1-13H. The van der Waals surface area contributed by atoms with Crippen LogP contribution in [0.2, 0.25) is 5.02 Å². The normalized spacial score (nSPS) is 11.2. The second-order valence-electron chi connectivity index (χ2n) is 6.31. The van der Waals surface area contributed by atoms with Crippen molar-refractivity contribution >= 4 is 34.1 Å². The highest BCUT2D eigenvalue weighted by Crippen LogP contribution is 2.29. The van der Waals surface area contributed by atoms with E-state index in [4.69, 9.17) is 11.6 Å². The van der Waals surface area contributed by atoms with E-state index in [0.717, 1.165) is 11.1 Å². The number of fused-ring (bicyclic) bond motifs is 3. The molecule has 0 saturated carbocycles. The van der Waals surface area contributed by atoms with Gasteiger partial charge in [-0.15, -0.1) is 10.2 Å². The quantitative estimate of drug-likeness (QED) is 0.418. The summed E-state index contributed by atoms with van der Waals surface area (Å²) in [6.45, 7) is 0. The maximum Gasteiger partial charge on any atom is 0.215 e. The molecule has 0 N–H and O–H groups in total. The van der Waals surface area contributed by atoms with Crippen LogP contribution in [0.15, 0.2) is 78.9 Å². The summed E-state index contributed by atoms with van der Waals surface area (Å²) >= 11 is 6.40. The highest BCUT2D eigenvalue weighted by atomic mass is 35.5. The second-order valence-corrected chi connectivity index (χ2v) is 6.71. The average Bonchev–Trinajstić information content (AvgIpc) is 3.19. The van der Waals surface area contributed by atoms with Gasteiger partial charge < -0.3 is 0 Å². The number of benzene rings is 3. The van der Waals surface area contributed by atoms with E-state index < -0.39 is 0 Å². The predicted octanol–water partition coefficient (Wildman–Crippen LogP) is 4.83. The number of carbonyl (C=O) groups excluding carboxylic acids is 1. The first-order chi connectivity index (χ1) is 13.7. The van der Waals surface area contributed by atoms with Gasteiger partial charge in [-0.3, -0.25) is 9.20 Å². The Labute approximate surface area is 165 Å². The summed E-state index contributed by atoms with van der Waals surface area (Å²) in [5.41, 5.74) is 3.45. The van der Waals surface area contributed by atoms with Gasteiger partial charge in [-0.2, -0.15) is 0 Å². The number of carbonyl (C=O) groups is 1. The van der Waals surface area contributed by atoms with Crippen LogP contribution >= 0.6 is 11.6 Å². The molecule has 0 fully saturated rings. The number of halogens is 1. The molecule has 0 spiro atoms. The van der Waals surface area contributed by atoms with Crippen LogP contribution in [0.5, 0.6) is 0 Å². The van der Waals surface area contributed by atoms with Crippen LogP contribution in [0.25, 0.3) is 28.1 Å². The zero-order valence-electron chi connectivity index (χ0n) is 14.6. The number of hydrogen-bond acceptors (Lipinski definition) is 4. The van der Waals surface area contributed by atoms with Gasteiger partial charge >= 0.3 is 0 Å². The van der Waals surface area contributed by atoms with Crippen molar-refractivity contribution in [1.29, 1.82) is 0 Å². The summed E-state index contributed by atoms with van der Waals surface area (Å²) in [7, 11) is 0. The number of rotatable bonds is 3. The van der Waals surface area contributed by atoms with Crippen molar-refractivity contribution in [2.45, 2.75) is 0 Å². The highest BCUT2D eigenvalue weighted by molar-refractivity contribution is 6.33. The second kappa shape index (κ2) is 6.55. The fourth-order valence-electron chi connectivity index (χ4n) is 3.28. The summed E-state index contributed by atoms with van der Waals surface area (Å²) in [4.78, 5) is 17.8. The lowest BCUT2D eigenvalue weighted by Gasteiger charge is -2.09. The van der Waals surface area contributed by atoms with Crippen LogP contribution in [-0.2, 0) is 0 Å². The van der Waals surface area contributed by atoms with Gasteiger partial charge in [0.2, 0.25) is 5.78 Å². The van der Waals surface area contributed by atoms with Crippen molar-refractivity contribution < 1.29 is 4.79 Å². The molecule has 0 saturated heterocycles. The van der Waals surface area contributed by atoms with Gasteiger partial charge in [0.25, 0.3) is 0 Å². The van der Waals surface area contributed by atoms with E-state index >= 15 is 0 Å². The third-order valence-corrected chi connectivity index (χ3v) is 4.93. The van der Waals surface area contributed by atoms with Crippen molar-refractivity contribution in [2.24, 2.45) is 0 Å². The van der Waals surface area contributed by atoms with E-state index in [2.05, 4.69) is 15.2 Å². The van der Waals surface area contributed by atoms with Gasteiger partial charge in [0.1, 0.15) is 0 Å². The third-order valence-electron chi connectivity index (χ3n) is 4.60. The Kier molecular flexibility index (Phi) is 3.88. The molecule has 134 valence electrons. The number of aromatic nitrogens is 4. The summed E-state index contributed by atoms with van der Waals surface area (Å²) < 4.78 is 1.85. The molecule has 0 radical (unpaired) electrons. The number of para-hydroxylation sites is 2. The van der Waals surface area contributed by atoms with E-state index in [1.165, 1.54) is 0 Å². The molecular weight excluding hydrogens is 372 g/mol. The average molecular weight is 385 g/mol. The highest BCUT2D eigenvalue weighted by Gasteiger charge is 2.22. The van der Waals surface area contributed by atoms with Crippen molar-refractivity contribution in [3.8, 4) is 11.4 Å². The van der Waals surface area contributed by atoms with Gasteiger partial charge in [-0.1, -0.05) is 66.2 Å². The first-order valence-electron chi connectivity index (χ1n) is 8.72. The van der Waals surface area contributed by atoms with E-state index in [9.17, 15) is 4.79 Å². The molecule has 3 aromatic carbocycles. The molecule has 28 heavy (non-hydrogen) atoms. The molecule has 0 aliphatic carbocycles. The minimum atomic E-state index is -0.200. The number of ketones is 1. The molecular formula is C22H13ClN4O. The van der Waals surface area contributed by atoms with E-state index in [1.807, 2.05) is 65.1 Å². The van der Waals surface area contributed by atoms with Crippen molar-refractivity contribution in [1.82, 2.24) is 19.6 Å². The molecule has 2 heterocycles. The lowest BCUT2D eigenvalue weighted by Crippen LogP contribution is -2.08. The molecule has 5 rings (SSSR count). The molecule has 5 nitrogen and oxygen atoms in total. The Hall–Kier alpha value is -3.57. The van der Waals surface area contributed by atoms with Gasteiger partial charge in [0.05, 0.1) is 16.1 Å². The first-order valence-corrected chi connectivity index (χ1v) is 9.10. The van der Waals surface area contributed by atoms with E-state index in [-0.39, 0.29) is 11.5 Å². The van der Waals surface area contributed by atoms with Gasteiger partial charge in [-0.25, -0.2) is 4.98 Å². The van der Waals surface area contributed by atoms with Crippen LogP contribution in [-0.4, -0.2) is 25.4 Å². The first kappa shape index (κ1) is 16.6. The summed E-state index contributed by atoms with van der Waals surface area (Å²) in [5.74, 6) is 0.371. The predicted molar refractivity (Wildman–Crippen MR) is 109 cm³/mol. The van der Waals surface area contributed by atoms with Crippen LogP contribution < -0.4 is 0 Å². The Morgan fingerprint density at radius 3 is 2.36 bits per heavy atom. The van der Waals surface area contributed by atoms with Gasteiger partial charge in [0.15, 0.2) is 17.2 Å². The van der Waals surface area contributed by atoms with Crippen LogP contribution in [0.4, 0.5) is 0 Å². The summed E-state index contributed by atoms with van der Waals surface area (Å²) in [6, 6.07) is 24.1. The Morgan fingerprint density at radius 1 is 0.821 bits per heavy atom. The molecule has 0 aliphatic rings. The Bertz CT molecular complexity index is 1350. The monoisotopic (exact) mass is 384 g/mol. The molecule has 5 aromatic rings. The smallest absolute Gasteiger partial charge is 0.215 e. The Balaban J connectivity index is 1.86. The largest absolute Gasteiger partial charge is 0.287 e. The summed E-state index contributed by atoms with van der Waals surface area (Å²) in [5, 5.41) is 9.22. The zero-order chi connectivity index (χ0) is 19.1. The van der Waals surface area contributed by atoms with Gasteiger partial charge in [-0.05, 0) is 24.3 Å². The molecule has 0 bridgehead atoms. The molecule has 2 aromatic heterocycles. The minimum absolute atomic E-state index is 0.200. The maximum atomic E-state index is 13.1. The lowest BCUT2D eigenvalue weighted by atomic mass is 10.1. The van der Waals surface area contributed by atoms with Crippen molar-refractivity contribution in [2.75, 3.05) is 0 Å².